The first kappa shape index (κ1) is 17.4. The van der Waals surface area contributed by atoms with Crippen molar-refractivity contribution in [3.05, 3.63) is 0 Å². The van der Waals surface area contributed by atoms with Gasteiger partial charge in [0.1, 0.15) is 12.1 Å². The summed E-state index contributed by atoms with van der Waals surface area (Å²) in [6, 6.07) is 0. The molecule has 0 aromatic heterocycles. The highest BCUT2D eigenvalue weighted by molar-refractivity contribution is 5.93. The Morgan fingerprint density at radius 3 is 2.32 bits per heavy atom. The molecular weight excluding hydrogens is 250 g/mol. The molecule has 7 heteroatoms. The Labute approximate surface area is 113 Å². The fraction of sp³-hybridized carbons (Fsp3) is 0.750. The average Bonchev–Trinajstić information content (AvgIpc) is 2.35. The number of carbonyl (C=O) groups excluding carboxylic acids is 2. The van der Waals surface area contributed by atoms with Gasteiger partial charge < -0.3 is 21.1 Å². The minimum Gasteiger partial charge on any atom is -0.480 e. The zero-order valence-corrected chi connectivity index (χ0v) is 11.9. The van der Waals surface area contributed by atoms with Crippen molar-refractivity contribution in [1.29, 1.82) is 0 Å². The third-order valence-corrected chi connectivity index (χ3v) is 3.35. The van der Waals surface area contributed by atoms with E-state index in [4.69, 9.17) is 10.8 Å². The van der Waals surface area contributed by atoms with Gasteiger partial charge in [-0.05, 0) is 12.8 Å². The fourth-order valence-corrected chi connectivity index (χ4v) is 1.81. The monoisotopic (exact) mass is 273 g/mol. The van der Waals surface area contributed by atoms with Crippen LogP contribution in [0.1, 0.15) is 27.2 Å². The number of rotatable bonds is 7. The number of hydrogen-bond donors (Lipinski definition) is 3. The molecule has 110 valence electrons. The Kier molecular flexibility index (Phi) is 6.47. The third-order valence-electron chi connectivity index (χ3n) is 3.35. The number of likely N-dealkylation sites (N-methyl/N-ethyl adjacent to an activating group) is 1. The zero-order valence-electron chi connectivity index (χ0n) is 11.9. The molecule has 0 aromatic rings. The van der Waals surface area contributed by atoms with Crippen molar-refractivity contribution >= 4 is 17.8 Å². The van der Waals surface area contributed by atoms with Crippen LogP contribution in [0.25, 0.3) is 0 Å². The van der Waals surface area contributed by atoms with E-state index in [2.05, 4.69) is 5.32 Å². The van der Waals surface area contributed by atoms with E-state index in [-0.39, 0.29) is 12.5 Å². The Bertz CT molecular complexity index is 359. The quantitative estimate of drug-likeness (QED) is 0.574. The van der Waals surface area contributed by atoms with Crippen LogP contribution in [-0.4, -0.2) is 53.5 Å². The molecule has 19 heavy (non-hydrogen) atoms. The first-order valence-corrected chi connectivity index (χ1v) is 6.17. The van der Waals surface area contributed by atoms with Gasteiger partial charge in [-0.15, -0.1) is 0 Å². The predicted octanol–water partition coefficient (Wildman–Crippen LogP) is -0.591. The lowest BCUT2D eigenvalue weighted by Crippen LogP contribution is -2.62. The molecule has 0 unspecified atom stereocenters. The molecule has 0 aliphatic rings. The summed E-state index contributed by atoms with van der Waals surface area (Å²) in [5.74, 6) is -2.13. The number of carboxylic acid groups (broad SMARTS) is 1. The fourth-order valence-electron chi connectivity index (χ4n) is 1.81. The lowest BCUT2D eigenvalue weighted by Gasteiger charge is -2.37. The second kappa shape index (κ2) is 7.08. The molecule has 0 saturated carbocycles. The third kappa shape index (κ3) is 4.51. The van der Waals surface area contributed by atoms with Gasteiger partial charge in [-0.25, -0.2) is 0 Å². The maximum atomic E-state index is 12.4. The van der Waals surface area contributed by atoms with Gasteiger partial charge in [0.15, 0.2) is 0 Å². The topological polar surface area (TPSA) is 113 Å². The maximum absolute atomic E-state index is 12.4. The smallest absolute Gasteiger partial charge is 0.323 e. The Morgan fingerprint density at radius 2 is 1.95 bits per heavy atom. The van der Waals surface area contributed by atoms with Crippen molar-refractivity contribution in [3.8, 4) is 0 Å². The van der Waals surface area contributed by atoms with E-state index < -0.39 is 29.9 Å². The largest absolute Gasteiger partial charge is 0.480 e. The van der Waals surface area contributed by atoms with Gasteiger partial charge in [0, 0.05) is 7.05 Å². The van der Waals surface area contributed by atoms with Crippen molar-refractivity contribution in [2.24, 2.45) is 11.7 Å². The Morgan fingerprint density at radius 1 is 1.42 bits per heavy atom. The molecule has 0 rings (SSSR count). The van der Waals surface area contributed by atoms with Crippen LogP contribution in [0.4, 0.5) is 0 Å². The lowest BCUT2D eigenvalue weighted by atomic mass is 9.83. The van der Waals surface area contributed by atoms with Crippen LogP contribution in [0.15, 0.2) is 0 Å². The molecule has 2 amide bonds. The number of nitrogens with one attached hydrogen (secondary N) is 1. The van der Waals surface area contributed by atoms with E-state index in [0.717, 1.165) is 4.90 Å². The first-order valence-electron chi connectivity index (χ1n) is 6.17. The van der Waals surface area contributed by atoms with Crippen LogP contribution in [0.3, 0.4) is 0 Å². The van der Waals surface area contributed by atoms with E-state index in [1.165, 1.54) is 7.05 Å². The second-order valence-corrected chi connectivity index (χ2v) is 4.82. The van der Waals surface area contributed by atoms with Crippen LogP contribution in [0.2, 0.25) is 0 Å². The van der Waals surface area contributed by atoms with E-state index in [1.54, 1.807) is 6.92 Å². The lowest BCUT2D eigenvalue weighted by molar-refractivity contribution is -0.148. The molecule has 0 bridgehead atoms. The summed E-state index contributed by atoms with van der Waals surface area (Å²) in [5.41, 5.74) is 4.09. The molecule has 0 fully saturated rings. The molecule has 7 nitrogen and oxygen atoms in total. The molecular formula is C12H23N3O4. The molecule has 0 radical (unpaired) electrons. The SMILES string of the molecule is CC[C@H](C)[C@](C)(NC(=O)CN)C(=O)N(C)CC(=O)O. The van der Waals surface area contributed by atoms with Gasteiger partial charge in [0.05, 0.1) is 6.54 Å². The van der Waals surface area contributed by atoms with Gasteiger partial charge in [-0.2, -0.15) is 0 Å². The average molecular weight is 273 g/mol. The van der Waals surface area contributed by atoms with Crippen molar-refractivity contribution in [3.63, 3.8) is 0 Å². The number of nitrogens with two attached hydrogens (primary N) is 1. The second-order valence-electron chi connectivity index (χ2n) is 4.82. The Balaban J connectivity index is 5.17. The van der Waals surface area contributed by atoms with Gasteiger partial charge in [-0.3, -0.25) is 14.4 Å². The summed E-state index contributed by atoms with van der Waals surface area (Å²) >= 11 is 0. The number of nitrogens with zero attached hydrogens (tertiary/aromatic N) is 1. The predicted molar refractivity (Wildman–Crippen MR) is 70.3 cm³/mol. The minimum absolute atomic E-state index is 0.147. The summed E-state index contributed by atoms with van der Waals surface area (Å²) in [6.07, 6.45) is 0.661. The molecule has 0 aromatic carbocycles. The molecule has 0 spiro atoms. The molecule has 0 aliphatic carbocycles. The van der Waals surface area contributed by atoms with Crippen molar-refractivity contribution in [2.75, 3.05) is 20.1 Å². The molecule has 0 saturated heterocycles. The summed E-state index contributed by atoms with van der Waals surface area (Å²) < 4.78 is 0. The maximum Gasteiger partial charge on any atom is 0.323 e. The van der Waals surface area contributed by atoms with E-state index in [0.29, 0.717) is 6.42 Å². The highest BCUT2D eigenvalue weighted by atomic mass is 16.4. The number of aliphatic carboxylic acids is 1. The summed E-state index contributed by atoms with van der Waals surface area (Å²) in [7, 11) is 1.39. The van der Waals surface area contributed by atoms with Crippen LogP contribution >= 0.6 is 0 Å². The van der Waals surface area contributed by atoms with Gasteiger partial charge >= 0.3 is 5.97 Å². The minimum atomic E-state index is -1.16. The zero-order chi connectivity index (χ0) is 15.2. The van der Waals surface area contributed by atoms with Crippen LogP contribution in [0.5, 0.6) is 0 Å². The Hall–Kier alpha value is -1.63. The number of amides is 2. The molecule has 0 heterocycles. The highest BCUT2D eigenvalue weighted by Gasteiger charge is 2.41. The summed E-state index contributed by atoms with van der Waals surface area (Å²) in [6.45, 7) is 4.67. The molecule has 0 aliphatic heterocycles. The van der Waals surface area contributed by atoms with Crippen molar-refractivity contribution < 1.29 is 19.5 Å². The molecule has 4 N–H and O–H groups in total. The standard InChI is InChI=1S/C12H23N3O4/c1-5-8(2)12(3,14-9(16)6-13)11(19)15(4)7-10(17)18/h8H,5-7,13H2,1-4H3,(H,14,16)(H,17,18)/t8-,12-/m0/s1. The van der Waals surface area contributed by atoms with E-state index in [1.807, 2.05) is 13.8 Å². The van der Waals surface area contributed by atoms with Crippen LogP contribution in [0, 0.1) is 5.92 Å². The number of carbonyl (C=O) groups is 3. The number of hydrogen-bond acceptors (Lipinski definition) is 4. The van der Waals surface area contributed by atoms with Crippen molar-refractivity contribution in [1.82, 2.24) is 10.2 Å². The first-order chi connectivity index (χ1) is 8.68. The van der Waals surface area contributed by atoms with Gasteiger partial charge in [0.2, 0.25) is 11.8 Å². The highest BCUT2D eigenvalue weighted by Crippen LogP contribution is 2.22. The van der Waals surface area contributed by atoms with Gasteiger partial charge in [0.25, 0.3) is 0 Å². The van der Waals surface area contributed by atoms with Crippen LogP contribution < -0.4 is 11.1 Å². The van der Waals surface area contributed by atoms with E-state index in [9.17, 15) is 14.4 Å². The molecule has 2 atom stereocenters. The number of carboxylic acids is 1. The van der Waals surface area contributed by atoms with Crippen LogP contribution in [-0.2, 0) is 14.4 Å². The normalized spacial score (nSPS) is 15.2. The summed E-state index contributed by atoms with van der Waals surface area (Å²) in [4.78, 5) is 35.6. The summed E-state index contributed by atoms with van der Waals surface area (Å²) in [5, 5.41) is 11.3. The van der Waals surface area contributed by atoms with Gasteiger partial charge in [-0.1, -0.05) is 20.3 Å². The van der Waals surface area contributed by atoms with E-state index >= 15 is 0 Å². The van der Waals surface area contributed by atoms with Crippen molar-refractivity contribution in [2.45, 2.75) is 32.7 Å².